The quantitative estimate of drug-likeness (QED) is 0.402. The Kier molecular flexibility index (Phi) is 8.67. The summed E-state index contributed by atoms with van der Waals surface area (Å²) >= 11 is 7.70. The molecule has 8 heteroatoms. The lowest BCUT2D eigenvalue weighted by atomic mass is 10.1. The van der Waals surface area contributed by atoms with Crippen molar-refractivity contribution in [2.75, 3.05) is 66.2 Å². The van der Waals surface area contributed by atoms with E-state index in [0.717, 1.165) is 88.8 Å². The normalized spacial score (nSPS) is 21.8. The summed E-state index contributed by atoms with van der Waals surface area (Å²) in [6, 6.07) is 4.11. The lowest BCUT2D eigenvalue weighted by Gasteiger charge is -2.36. The van der Waals surface area contributed by atoms with Crippen LogP contribution in [-0.4, -0.2) is 82.0 Å². The molecule has 1 atom stereocenters. The van der Waals surface area contributed by atoms with E-state index in [1.165, 1.54) is 4.88 Å². The van der Waals surface area contributed by atoms with Gasteiger partial charge in [0.15, 0.2) is 5.96 Å². The van der Waals surface area contributed by atoms with Gasteiger partial charge in [0.25, 0.3) is 0 Å². The monoisotopic (exact) mass is 414 g/mol. The highest BCUT2D eigenvalue weighted by molar-refractivity contribution is 7.16. The van der Waals surface area contributed by atoms with Crippen LogP contribution in [0.3, 0.4) is 0 Å². The fraction of sp³-hybridized carbons (Fsp3) is 0.737. The smallest absolute Gasteiger partial charge is 0.193 e. The van der Waals surface area contributed by atoms with Gasteiger partial charge < -0.3 is 19.7 Å². The van der Waals surface area contributed by atoms with Crippen LogP contribution < -0.4 is 5.32 Å². The Morgan fingerprint density at radius 3 is 2.89 bits per heavy atom. The van der Waals surface area contributed by atoms with Crippen molar-refractivity contribution in [2.45, 2.75) is 19.4 Å². The largest absolute Gasteiger partial charge is 0.381 e. The van der Waals surface area contributed by atoms with E-state index in [1.807, 2.05) is 13.1 Å². The van der Waals surface area contributed by atoms with Gasteiger partial charge in [-0.3, -0.25) is 9.89 Å². The van der Waals surface area contributed by atoms with Gasteiger partial charge in [-0.25, -0.2) is 0 Å². The van der Waals surface area contributed by atoms with Gasteiger partial charge in [-0.2, -0.15) is 0 Å². The molecule has 0 bridgehead atoms. The Morgan fingerprint density at radius 2 is 2.22 bits per heavy atom. The molecule has 0 amide bonds. The minimum atomic E-state index is 0.590. The first kappa shape index (κ1) is 20.9. The molecule has 1 unspecified atom stereocenters. The molecular formula is C19H31ClN4O2S. The molecule has 0 aromatic carbocycles. The number of rotatable bonds is 8. The van der Waals surface area contributed by atoms with Gasteiger partial charge in [-0.05, 0) is 25.0 Å². The van der Waals surface area contributed by atoms with E-state index in [9.17, 15) is 0 Å². The summed E-state index contributed by atoms with van der Waals surface area (Å²) in [4.78, 5) is 10.6. The maximum atomic E-state index is 6.03. The van der Waals surface area contributed by atoms with Gasteiger partial charge in [-0.1, -0.05) is 11.6 Å². The average molecular weight is 415 g/mol. The number of nitrogens with zero attached hydrogens (tertiary/aromatic N) is 3. The van der Waals surface area contributed by atoms with Gasteiger partial charge in [0.1, 0.15) is 0 Å². The first-order valence-electron chi connectivity index (χ1n) is 9.82. The number of nitrogens with one attached hydrogen (secondary N) is 1. The molecule has 2 saturated heterocycles. The summed E-state index contributed by atoms with van der Waals surface area (Å²) < 4.78 is 12.0. The molecule has 0 radical (unpaired) electrons. The highest BCUT2D eigenvalue weighted by Gasteiger charge is 2.20. The molecule has 1 aromatic rings. The second-order valence-electron chi connectivity index (χ2n) is 7.10. The third-order valence-corrected chi connectivity index (χ3v) is 6.23. The number of halogens is 1. The van der Waals surface area contributed by atoms with E-state index in [2.05, 4.69) is 26.2 Å². The maximum absolute atomic E-state index is 6.03. The van der Waals surface area contributed by atoms with Crippen LogP contribution >= 0.6 is 22.9 Å². The number of hydrogen-bond donors (Lipinski definition) is 1. The molecule has 1 aromatic heterocycles. The minimum absolute atomic E-state index is 0.590. The molecule has 2 fully saturated rings. The summed E-state index contributed by atoms with van der Waals surface area (Å²) in [6.07, 6.45) is 2.13. The Bertz CT molecular complexity index is 584. The van der Waals surface area contributed by atoms with Crippen molar-refractivity contribution < 1.29 is 9.47 Å². The summed E-state index contributed by atoms with van der Waals surface area (Å²) in [6.45, 7) is 9.32. The summed E-state index contributed by atoms with van der Waals surface area (Å²) in [7, 11) is 1.86. The van der Waals surface area contributed by atoms with Crippen molar-refractivity contribution in [1.82, 2.24) is 15.1 Å². The van der Waals surface area contributed by atoms with Gasteiger partial charge in [0, 0.05) is 70.3 Å². The van der Waals surface area contributed by atoms with Gasteiger partial charge in [-0.15, -0.1) is 11.3 Å². The van der Waals surface area contributed by atoms with Crippen LogP contribution in [-0.2, 0) is 16.0 Å². The molecule has 2 aliphatic rings. The number of piperazine rings is 1. The molecule has 152 valence electrons. The molecule has 3 heterocycles. The third kappa shape index (κ3) is 6.91. The van der Waals surface area contributed by atoms with Crippen LogP contribution in [0, 0.1) is 5.92 Å². The number of aliphatic imine (C=N–C) groups is 1. The molecule has 0 aliphatic carbocycles. The van der Waals surface area contributed by atoms with Crippen LogP contribution in [0.1, 0.15) is 17.7 Å². The van der Waals surface area contributed by atoms with Gasteiger partial charge >= 0.3 is 0 Å². The highest BCUT2D eigenvalue weighted by Crippen LogP contribution is 2.23. The van der Waals surface area contributed by atoms with Gasteiger partial charge in [0.05, 0.1) is 17.6 Å². The Hall–Kier alpha value is -0.860. The first-order chi connectivity index (χ1) is 13.2. The molecule has 27 heavy (non-hydrogen) atoms. The molecule has 6 nitrogen and oxygen atoms in total. The van der Waals surface area contributed by atoms with E-state index < -0.39 is 0 Å². The SMILES string of the molecule is CN=C(NCCCOCC1CCOC1)N1CCN(Cc2ccc(Cl)s2)CC1. The third-order valence-electron chi connectivity index (χ3n) is 5.02. The van der Waals surface area contributed by atoms with E-state index in [1.54, 1.807) is 11.3 Å². The Balaban J connectivity index is 1.28. The molecule has 0 spiro atoms. The van der Waals surface area contributed by atoms with Crippen molar-refractivity contribution in [3.05, 3.63) is 21.3 Å². The van der Waals surface area contributed by atoms with Crippen molar-refractivity contribution >= 4 is 28.9 Å². The van der Waals surface area contributed by atoms with Gasteiger partial charge in [0.2, 0.25) is 0 Å². The van der Waals surface area contributed by atoms with Crippen LogP contribution in [0.15, 0.2) is 17.1 Å². The van der Waals surface area contributed by atoms with Crippen LogP contribution in [0.5, 0.6) is 0 Å². The maximum Gasteiger partial charge on any atom is 0.193 e. The number of thiophene rings is 1. The Labute approximate surface area is 171 Å². The molecule has 1 N–H and O–H groups in total. The molecule has 0 saturated carbocycles. The van der Waals surface area contributed by atoms with E-state index in [0.29, 0.717) is 5.92 Å². The molecule has 3 rings (SSSR count). The van der Waals surface area contributed by atoms with Crippen molar-refractivity contribution in [3.63, 3.8) is 0 Å². The van der Waals surface area contributed by atoms with Crippen molar-refractivity contribution in [2.24, 2.45) is 10.9 Å². The second-order valence-corrected chi connectivity index (χ2v) is 8.90. The lowest BCUT2D eigenvalue weighted by molar-refractivity contribution is 0.0886. The van der Waals surface area contributed by atoms with Crippen molar-refractivity contribution in [1.29, 1.82) is 0 Å². The number of hydrogen-bond acceptors (Lipinski definition) is 5. The number of guanidine groups is 1. The standard InChI is InChI=1S/C19H31ClN4O2S/c1-21-19(22-6-2-11-25-14-16-5-12-26-15-16)24-9-7-23(8-10-24)13-17-3-4-18(20)27-17/h3-4,16H,2,5-15H2,1H3,(H,21,22). The zero-order valence-electron chi connectivity index (χ0n) is 16.2. The molecule has 2 aliphatic heterocycles. The van der Waals surface area contributed by atoms with Crippen LogP contribution in [0.25, 0.3) is 0 Å². The topological polar surface area (TPSA) is 49.3 Å². The minimum Gasteiger partial charge on any atom is -0.381 e. The predicted molar refractivity (Wildman–Crippen MR) is 112 cm³/mol. The molecular weight excluding hydrogens is 384 g/mol. The second kappa shape index (κ2) is 11.2. The highest BCUT2D eigenvalue weighted by atomic mass is 35.5. The first-order valence-corrected chi connectivity index (χ1v) is 11.0. The Morgan fingerprint density at radius 1 is 1.37 bits per heavy atom. The zero-order valence-corrected chi connectivity index (χ0v) is 17.7. The fourth-order valence-corrected chi connectivity index (χ4v) is 4.58. The average Bonchev–Trinajstić information content (AvgIpc) is 3.34. The lowest BCUT2D eigenvalue weighted by Crippen LogP contribution is -2.52. The van der Waals surface area contributed by atoms with E-state index in [-0.39, 0.29) is 0 Å². The van der Waals surface area contributed by atoms with E-state index in [4.69, 9.17) is 21.1 Å². The zero-order chi connectivity index (χ0) is 18.9. The van der Waals surface area contributed by atoms with Crippen LogP contribution in [0.4, 0.5) is 0 Å². The number of ether oxygens (including phenoxy) is 2. The van der Waals surface area contributed by atoms with Crippen molar-refractivity contribution in [3.8, 4) is 0 Å². The van der Waals surface area contributed by atoms with Crippen LogP contribution in [0.2, 0.25) is 4.34 Å². The fourth-order valence-electron chi connectivity index (χ4n) is 3.45. The summed E-state index contributed by atoms with van der Waals surface area (Å²) in [5.41, 5.74) is 0. The summed E-state index contributed by atoms with van der Waals surface area (Å²) in [5.74, 6) is 1.59. The van der Waals surface area contributed by atoms with E-state index >= 15 is 0 Å². The predicted octanol–water partition coefficient (Wildman–Crippen LogP) is 2.54. The summed E-state index contributed by atoms with van der Waals surface area (Å²) in [5, 5.41) is 3.47.